The molecule has 0 amide bonds. The second kappa shape index (κ2) is 9.39. The topological polar surface area (TPSA) is 68.8 Å². The van der Waals surface area contributed by atoms with E-state index >= 15 is 0 Å². The zero-order chi connectivity index (χ0) is 21.8. The summed E-state index contributed by atoms with van der Waals surface area (Å²) in [5, 5.41) is 6.72. The first-order chi connectivity index (χ1) is 14.5. The SMILES string of the molecule is CC[C@@H](C)Nc1ccc2c(cc1=O)[C@@H](NC)CCc1cc(OC)c(OC)c(OC)c1-2. The number of aryl methyl sites for hydroxylation is 1. The summed E-state index contributed by atoms with van der Waals surface area (Å²) in [4.78, 5) is 13.0. The largest absolute Gasteiger partial charge is 0.493 e. The molecule has 0 bridgehead atoms. The Morgan fingerprint density at radius 3 is 2.43 bits per heavy atom. The van der Waals surface area contributed by atoms with Crippen LogP contribution in [-0.2, 0) is 6.42 Å². The lowest BCUT2D eigenvalue weighted by Gasteiger charge is -2.19. The van der Waals surface area contributed by atoms with Gasteiger partial charge in [-0.2, -0.15) is 0 Å². The first-order valence-electron chi connectivity index (χ1n) is 10.4. The molecule has 2 atom stereocenters. The van der Waals surface area contributed by atoms with E-state index in [0.29, 0.717) is 22.9 Å². The molecular formula is C24H32N2O4. The van der Waals surface area contributed by atoms with Crippen molar-refractivity contribution in [3.63, 3.8) is 0 Å². The van der Waals surface area contributed by atoms with Crippen LogP contribution in [0.3, 0.4) is 0 Å². The van der Waals surface area contributed by atoms with Gasteiger partial charge in [0, 0.05) is 17.6 Å². The smallest absolute Gasteiger partial charge is 0.203 e. The van der Waals surface area contributed by atoms with Crippen LogP contribution in [0.5, 0.6) is 17.2 Å². The highest BCUT2D eigenvalue weighted by molar-refractivity contribution is 5.83. The predicted molar refractivity (Wildman–Crippen MR) is 121 cm³/mol. The number of methoxy groups -OCH3 is 3. The van der Waals surface area contributed by atoms with Crippen molar-refractivity contribution < 1.29 is 14.2 Å². The summed E-state index contributed by atoms with van der Waals surface area (Å²) < 4.78 is 17.0. The van der Waals surface area contributed by atoms with Crippen molar-refractivity contribution >= 4 is 5.69 Å². The lowest BCUT2D eigenvalue weighted by molar-refractivity contribution is 0.324. The fraction of sp³-hybridized carbons (Fsp3) is 0.458. The van der Waals surface area contributed by atoms with E-state index in [1.54, 1.807) is 27.4 Å². The maximum atomic E-state index is 13.0. The van der Waals surface area contributed by atoms with E-state index in [1.165, 1.54) is 0 Å². The van der Waals surface area contributed by atoms with Crippen LogP contribution in [-0.4, -0.2) is 34.4 Å². The summed E-state index contributed by atoms with van der Waals surface area (Å²) in [5.74, 6) is 1.82. The van der Waals surface area contributed by atoms with Crippen molar-refractivity contribution in [3.05, 3.63) is 45.6 Å². The van der Waals surface area contributed by atoms with Crippen molar-refractivity contribution in [2.45, 2.75) is 45.2 Å². The van der Waals surface area contributed by atoms with Crippen LogP contribution in [0.4, 0.5) is 5.69 Å². The number of benzene rings is 1. The van der Waals surface area contributed by atoms with Gasteiger partial charge in [-0.15, -0.1) is 0 Å². The molecule has 0 saturated carbocycles. The third-order valence-electron chi connectivity index (χ3n) is 5.90. The monoisotopic (exact) mass is 412 g/mol. The van der Waals surface area contributed by atoms with Crippen LogP contribution < -0.4 is 30.3 Å². The molecule has 0 aliphatic heterocycles. The van der Waals surface area contributed by atoms with E-state index in [0.717, 1.165) is 41.5 Å². The molecule has 0 heterocycles. The summed E-state index contributed by atoms with van der Waals surface area (Å²) in [5.41, 5.74) is 4.58. The van der Waals surface area contributed by atoms with Gasteiger partial charge in [0.05, 0.1) is 27.0 Å². The summed E-state index contributed by atoms with van der Waals surface area (Å²) in [7, 11) is 6.80. The third-order valence-corrected chi connectivity index (χ3v) is 5.90. The zero-order valence-electron chi connectivity index (χ0n) is 18.7. The van der Waals surface area contributed by atoms with Crippen molar-refractivity contribution in [1.82, 2.24) is 5.32 Å². The molecule has 0 spiro atoms. The molecule has 1 aliphatic carbocycles. The molecule has 0 radical (unpaired) electrons. The van der Waals surface area contributed by atoms with Gasteiger partial charge in [-0.05, 0) is 68.1 Å². The van der Waals surface area contributed by atoms with Crippen LogP contribution >= 0.6 is 0 Å². The Hall–Kier alpha value is -2.73. The summed E-state index contributed by atoms with van der Waals surface area (Å²) in [6.45, 7) is 4.17. The highest BCUT2D eigenvalue weighted by Crippen LogP contribution is 2.50. The number of rotatable bonds is 7. The quantitative estimate of drug-likeness (QED) is 0.712. The van der Waals surface area contributed by atoms with Gasteiger partial charge < -0.3 is 24.8 Å². The Labute approximate surface area is 178 Å². The fourth-order valence-corrected chi connectivity index (χ4v) is 4.10. The number of fused-ring (bicyclic) bond motifs is 3. The molecule has 0 fully saturated rings. The number of ether oxygens (including phenoxy) is 3. The highest BCUT2D eigenvalue weighted by Gasteiger charge is 2.28. The Kier molecular flexibility index (Phi) is 6.87. The maximum absolute atomic E-state index is 13.0. The normalized spacial score (nSPS) is 16.0. The predicted octanol–water partition coefficient (Wildman–Crippen LogP) is 4.16. The number of hydrogen-bond donors (Lipinski definition) is 2. The molecule has 0 saturated heterocycles. The van der Waals surface area contributed by atoms with Gasteiger partial charge in [-0.3, -0.25) is 4.79 Å². The first kappa shape index (κ1) is 22.0. The van der Waals surface area contributed by atoms with Gasteiger partial charge in [-0.25, -0.2) is 0 Å². The molecule has 30 heavy (non-hydrogen) atoms. The van der Waals surface area contributed by atoms with Gasteiger partial charge in [0.1, 0.15) is 0 Å². The molecule has 1 aliphatic rings. The maximum Gasteiger partial charge on any atom is 0.203 e. The van der Waals surface area contributed by atoms with Crippen molar-refractivity contribution in [1.29, 1.82) is 0 Å². The molecule has 162 valence electrons. The summed E-state index contributed by atoms with van der Waals surface area (Å²) in [6.07, 6.45) is 2.61. The molecule has 2 N–H and O–H groups in total. The summed E-state index contributed by atoms with van der Waals surface area (Å²) >= 11 is 0. The van der Waals surface area contributed by atoms with Crippen LogP contribution in [0.2, 0.25) is 0 Å². The minimum Gasteiger partial charge on any atom is -0.493 e. The van der Waals surface area contributed by atoms with E-state index in [4.69, 9.17) is 14.2 Å². The average Bonchev–Trinajstić information content (AvgIpc) is 3.00. The molecule has 6 heteroatoms. The van der Waals surface area contributed by atoms with Crippen molar-refractivity contribution in [3.8, 4) is 28.4 Å². The standard InChI is InChI=1S/C24H32N2O4/c1-7-14(2)26-19-11-9-16-17(13-20(19)27)18(25-3)10-8-15-12-21(28-4)23(29-5)24(30-6)22(15)16/h9,11-14,18,25H,7-8,10H2,1-6H3,(H,26,27)/t14-,18+/m1/s1. The van der Waals surface area contributed by atoms with Crippen LogP contribution in [0, 0.1) is 0 Å². The van der Waals surface area contributed by atoms with Gasteiger partial charge in [0.2, 0.25) is 11.2 Å². The van der Waals surface area contributed by atoms with Crippen LogP contribution in [0.15, 0.2) is 29.1 Å². The fourth-order valence-electron chi connectivity index (χ4n) is 4.10. The third kappa shape index (κ3) is 3.97. The molecule has 2 aromatic rings. The molecule has 0 aromatic heterocycles. The lowest BCUT2D eigenvalue weighted by atomic mass is 9.95. The highest BCUT2D eigenvalue weighted by atomic mass is 16.5. The van der Waals surface area contributed by atoms with Crippen molar-refractivity contribution in [2.75, 3.05) is 33.7 Å². The van der Waals surface area contributed by atoms with Gasteiger partial charge in [0.25, 0.3) is 0 Å². The van der Waals surface area contributed by atoms with Gasteiger partial charge in [0.15, 0.2) is 11.5 Å². The van der Waals surface area contributed by atoms with E-state index in [9.17, 15) is 4.79 Å². The first-order valence-corrected chi connectivity index (χ1v) is 10.4. The Balaban J connectivity index is 2.35. The van der Waals surface area contributed by atoms with E-state index < -0.39 is 0 Å². The minimum absolute atomic E-state index is 0.0142. The number of nitrogens with one attached hydrogen (secondary N) is 2. The van der Waals surface area contributed by atoms with E-state index in [1.807, 2.05) is 25.2 Å². The number of anilines is 1. The minimum atomic E-state index is -0.0142. The Morgan fingerprint density at radius 2 is 1.83 bits per heavy atom. The van der Waals surface area contributed by atoms with E-state index in [2.05, 4.69) is 24.5 Å². The molecule has 6 nitrogen and oxygen atoms in total. The Morgan fingerprint density at radius 1 is 1.10 bits per heavy atom. The number of hydrogen-bond acceptors (Lipinski definition) is 6. The lowest BCUT2D eigenvalue weighted by Crippen LogP contribution is -2.20. The second-order valence-corrected chi connectivity index (χ2v) is 7.64. The average molecular weight is 413 g/mol. The summed E-state index contributed by atoms with van der Waals surface area (Å²) in [6, 6.07) is 7.93. The van der Waals surface area contributed by atoms with Gasteiger partial charge >= 0.3 is 0 Å². The zero-order valence-corrected chi connectivity index (χ0v) is 18.7. The Bertz CT molecular complexity index is 974. The molecule has 3 rings (SSSR count). The van der Waals surface area contributed by atoms with Gasteiger partial charge in [-0.1, -0.05) is 13.0 Å². The second-order valence-electron chi connectivity index (χ2n) is 7.64. The molecule has 2 aromatic carbocycles. The van der Waals surface area contributed by atoms with Crippen molar-refractivity contribution in [2.24, 2.45) is 0 Å². The van der Waals surface area contributed by atoms with Crippen LogP contribution in [0.25, 0.3) is 11.1 Å². The molecular weight excluding hydrogens is 380 g/mol. The van der Waals surface area contributed by atoms with Crippen LogP contribution in [0.1, 0.15) is 43.9 Å². The molecule has 0 unspecified atom stereocenters. The van der Waals surface area contributed by atoms with E-state index in [-0.39, 0.29) is 17.5 Å².